The van der Waals surface area contributed by atoms with Crippen LogP contribution in [0.1, 0.15) is 51.3 Å². The molecule has 1 aliphatic carbocycles. The molecule has 0 bridgehead atoms. The van der Waals surface area contributed by atoms with E-state index in [1.54, 1.807) is 6.92 Å². The molecule has 0 saturated heterocycles. The van der Waals surface area contributed by atoms with E-state index in [0.29, 0.717) is 5.56 Å². The predicted octanol–water partition coefficient (Wildman–Crippen LogP) is 2.34. The minimum absolute atomic E-state index is 0.0157. The van der Waals surface area contributed by atoms with Gasteiger partial charge in [-0.1, -0.05) is 0 Å². The number of ether oxygens (including phenoxy) is 3. The number of aryl methyl sites for hydroxylation is 1. The van der Waals surface area contributed by atoms with Crippen molar-refractivity contribution in [1.82, 2.24) is 0 Å². The number of carbonyl (C=O) groups excluding carboxylic acids is 4. The van der Waals surface area contributed by atoms with Gasteiger partial charge in [-0.05, 0) is 30.7 Å². The average Bonchev–Trinajstić information content (AvgIpc) is 2.61. The normalized spacial score (nSPS) is 12.1. The molecule has 0 aliphatic heterocycles. The minimum atomic E-state index is -0.686. The van der Waals surface area contributed by atoms with Crippen molar-refractivity contribution in [3.05, 3.63) is 46.0 Å². The van der Waals surface area contributed by atoms with Crippen LogP contribution in [0.2, 0.25) is 0 Å². The second-order valence-electron chi connectivity index (χ2n) is 6.16. The number of fused-ring (bicyclic) bond motifs is 2. The topological polar surface area (TPSA) is 116 Å². The fourth-order valence-corrected chi connectivity index (χ4v) is 3.14. The number of phenolic OH excluding ortho intramolecular Hbond substituents is 1. The van der Waals surface area contributed by atoms with Gasteiger partial charge in [0.05, 0.1) is 18.2 Å². The first-order valence-corrected chi connectivity index (χ1v) is 8.21. The Hall–Kier alpha value is -3.68. The zero-order chi connectivity index (χ0) is 20.7. The van der Waals surface area contributed by atoms with Crippen molar-refractivity contribution in [2.75, 3.05) is 7.11 Å². The van der Waals surface area contributed by atoms with Crippen LogP contribution >= 0.6 is 0 Å². The maximum atomic E-state index is 13.1. The van der Waals surface area contributed by atoms with Gasteiger partial charge in [-0.3, -0.25) is 19.2 Å². The lowest BCUT2D eigenvalue weighted by Gasteiger charge is -2.23. The van der Waals surface area contributed by atoms with Crippen LogP contribution in [0.5, 0.6) is 23.0 Å². The molecule has 0 unspecified atom stereocenters. The maximum absolute atomic E-state index is 13.1. The lowest BCUT2D eigenvalue weighted by molar-refractivity contribution is -0.133. The van der Waals surface area contributed by atoms with Crippen molar-refractivity contribution in [2.24, 2.45) is 0 Å². The highest BCUT2D eigenvalue weighted by molar-refractivity contribution is 6.30. The van der Waals surface area contributed by atoms with E-state index >= 15 is 0 Å². The predicted molar refractivity (Wildman–Crippen MR) is 95.3 cm³/mol. The molecule has 2 aromatic rings. The molecule has 0 atom stereocenters. The number of aromatic hydroxyl groups is 1. The third-order valence-corrected chi connectivity index (χ3v) is 4.21. The third-order valence-electron chi connectivity index (χ3n) is 4.21. The molecule has 2 aromatic carbocycles. The van der Waals surface area contributed by atoms with Crippen molar-refractivity contribution in [3.63, 3.8) is 0 Å². The van der Waals surface area contributed by atoms with Gasteiger partial charge in [0, 0.05) is 25.0 Å². The molecular formula is C20H16O8. The molecule has 8 nitrogen and oxygen atoms in total. The Balaban J connectivity index is 2.28. The summed E-state index contributed by atoms with van der Waals surface area (Å²) in [7, 11) is 1.29. The summed E-state index contributed by atoms with van der Waals surface area (Å²) >= 11 is 0. The Kier molecular flexibility index (Phi) is 4.64. The van der Waals surface area contributed by atoms with Crippen LogP contribution in [0.3, 0.4) is 0 Å². The standard InChI is InChI=1S/C20H16O8/c1-8-7-12-15(20(26-4)19(8)28-10(3)22)16(23)11-5-6-13(27-9(2)21)18(25)14(11)17(12)24/h5-7,25H,1-4H3. The summed E-state index contributed by atoms with van der Waals surface area (Å²) in [6.45, 7) is 3.94. The second-order valence-corrected chi connectivity index (χ2v) is 6.16. The number of ketones is 2. The van der Waals surface area contributed by atoms with Crippen molar-refractivity contribution >= 4 is 23.5 Å². The molecule has 1 N–H and O–H groups in total. The number of esters is 2. The Labute approximate surface area is 159 Å². The highest BCUT2D eigenvalue weighted by atomic mass is 16.6. The largest absolute Gasteiger partial charge is 0.504 e. The highest BCUT2D eigenvalue weighted by Crippen LogP contribution is 2.45. The fraction of sp³-hybridized carbons (Fsp3) is 0.200. The van der Waals surface area contributed by atoms with Gasteiger partial charge >= 0.3 is 11.9 Å². The highest BCUT2D eigenvalue weighted by Gasteiger charge is 2.38. The zero-order valence-electron chi connectivity index (χ0n) is 15.5. The molecule has 0 spiro atoms. The Morgan fingerprint density at radius 1 is 0.893 bits per heavy atom. The van der Waals surface area contributed by atoms with E-state index in [1.165, 1.54) is 32.2 Å². The molecule has 28 heavy (non-hydrogen) atoms. The fourth-order valence-electron chi connectivity index (χ4n) is 3.14. The Bertz CT molecular complexity index is 1060. The van der Waals surface area contributed by atoms with Crippen LogP contribution < -0.4 is 14.2 Å². The van der Waals surface area contributed by atoms with Gasteiger partial charge in [0.15, 0.2) is 34.6 Å². The summed E-state index contributed by atoms with van der Waals surface area (Å²) in [5.74, 6) is -3.37. The van der Waals surface area contributed by atoms with E-state index in [-0.39, 0.29) is 39.5 Å². The molecule has 144 valence electrons. The van der Waals surface area contributed by atoms with Crippen molar-refractivity contribution in [3.8, 4) is 23.0 Å². The van der Waals surface area contributed by atoms with Gasteiger partial charge in [0.25, 0.3) is 0 Å². The number of rotatable bonds is 3. The molecule has 0 radical (unpaired) electrons. The van der Waals surface area contributed by atoms with Gasteiger partial charge in [0.2, 0.25) is 0 Å². The van der Waals surface area contributed by atoms with E-state index < -0.39 is 29.3 Å². The number of phenols is 1. The van der Waals surface area contributed by atoms with Gasteiger partial charge < -0.3 is 19.3 Å². The van der Waals surface area contributed by atoms with Crippen molar-refractivity contribution in [1.29, 1.82) is 0 Å². The molecular weight excluding hydrogens is 368 g/mol. The first-order chi connectivity index (χ1) is 13.2. The van der Waals surface area contributed by atoms with Gasteiger partial charge in [0.1, 0.15) is 0 Å². The first kappa shape index (κ1) is 19.1. The van der Waals surface area contributed by atoms with Crippen LogP contribution in [0.25, 0.3) is 0 Å². The molecule has 0 amide bonds. The minimum Gasteiger partial charge on any atom is -0.504 e. The van der Waals surface area contributed by atoms with Gasteiger partial charge in [-0.25, -0.2) is 0 Å². The number of hydrogen-bond donors (Lipinski definition) is 1. The van der Waals surface area contributed by atoms with Crippen molar-refractivity contribution in [2.45, 2.75) is 20.8 Å². The van der Waals surface area contributed by atoms with Gasteiger partial charge in [-0.2, -0.15) is 0 Å². The quantitative estimate of drug-likeness (QED) is 0.540. The number of carbonyl (C=O) groups is 4. The van der Waals surface area contributed by atoms with E-state index in [9.17, 15) is 24.3 Å². The lowest BCUT2D eigenvalue weighted by atomic mass is 9.82. The number of hydrogen-bond acceptors (Lipinski definition) is 8. The summed E-state index contributed by atoms with van der Waals surface area (Å²) in [5.41, 5.74) is -0.0367. The van der Waals surface area contributed by atoms with Crippen LogP contribution in [-0.2, 0) is 9.59 Å². The van der Waals surface area contributed by atoms with Crippen LogP contribution in [0.15, 0.2) is 18.2 Å². The summed E-state index contributed by atoms with van der Waals surface area (Å²) in [4.78, 5) is 48.7. The van der Waals surface area contributed by atoms with Crippen LogP contribution in [0, 0.1) is 6.92 Å². The summed E-state index contributed by atoms with van der Waals surface area (Å²) in [6, 6.07) is 3.89. The molecule has 0 saturated carbocycles. The third kappa shape index (κ3) is 2.88. The summed E-state index contributed by atoms with van der Waals surface area (Å²) < 4.78 is 15.3. The SMILES string of the molecule is COc1c(OC(C)=O)c(C)cc2c1C(=O)c1ccc(OC(C)=O)c(O)c1C2=O. The second kappa shape index (κ2) is 6.80. The van der Waals surface area contributed by atoms with Crippen LogP contribution in [0.4, 0.5) is 0 Å². The summed E-state index contributed by atoms with van der Waals surface area (Å²) in [6.07, 6.45) is 0. The number of methoxy groups -OCH3 is 1. The van der Waals surface area contributed by atoms with E-state index in [0.717, 1.165) is 6.92 Å². The first-order valence-electron chi connectivity index (χ1n) is 8.21. The van der Waals surface area contributed by atoms with Crippen LogP contribution in [-0.4, -0.2) is 35.7 Å². The smallest absolute Gasteiger partial charge is 0.308 e. The van der Waals surface area contributed by atoms with E-state index in [1.807, 2.05) is 0 Å². The maximum Gasteiger partial charge on any atom is 0.308 e. The Morgan fingerprint density at radius 3 is 2.07 bits per heavy atom. The lowest BCUT2D eigenvalue weighted by Crippen LogP contribution is -2.23. The average molecular weight is 384 g/mol. The molecule has 8 heteroatoms. The summed E-state index contributed by atoms with van der Waals surface area (Å²) in [5, 5.41) is 10.4. The van der Waals surface area contributed by atoms with E-state index in [4.69, 9.17) is 14.2 Å². The molecule has 1 aliphatic rings. The monoisotopic (exact) mass is 384 g/mol. The molecule has 0 heterocycles. The molecule has 0 fully saturated rings. The number of benzene rings is 2. The van der Waals surface area contributed by atoms with Gasteiger partial charge in [-0.15, -0.1) is 0 Å². The van der Waals surface area contributed by atoms with Crippen molar-refractivity contribution < 1.29 is 38.5 Å². The molecule has 3 rings (SSSR count). The Morgan fingerprint density at radius 2 is 1.50 bits per heavy atom. The zero-order valence-corrected chi connectivity index (χ0v) is 15.5. The molecule has 0 aromatic heterocycles. The van der Waals surface area contributed by atoms with E-state index in [2.05, 4.69) is 0 Å².